The summed E-state index contributed by atoms with van der Waals surface area (Å²) in [5.74, 6) is 0.359. The minimum absolute atomic E-state index is 0.223. The molecule has 2 aliphatic rings. The Morgan fingerprint density at radius 1 is 1.00 bits per heavy atom. The van der Waals surface area contributed by atoms with Crippen molar-refractivity contribution in [3.63, 3.8) is 0 Å². The lowest BCUT2D eigenvalue weighted by atomic mass is 9.81. The van der Waals surface area contributed by atoms with Crippen LogP contribution >= 0.6 is 0 Å². The van der Waals surface area contributed by atoms with E-state index in [9.17, 15) is 12.8 Å². The van der Waals surface area contributed by atoms with E-state index in [1.807, 2.05) is 19.4 Å². The minimum Gasteiger partial charge on any atom is -0.297 e. The van der Waals surface area contributed by atoms with Crippen LogP contribution in [0.5, 0.6) is 0 Å². The van der Waals surface area contributed by atoms with E-state index in [1.54, 1.807) is 47.4 Å². The van der Waals surface area contributed by atoms with Gasteiger partial charge in [0.1, 0.15) is 6.17 Å². The molecule has 1 aromatic carbocycles. The Bertz CT molecular complexity index is 1490. The molecule has 4 aromatic rings. The number of alkyl halides is 1. The molecule has 3 aromatic heterocycles. The number of hydrogen-bond donors (Lipinski definition) is 0. The fraction of sp³-hybridized carbons (Fsp3) is 0.407. The molecule has 36 heavy (non-hydrogen) atoms. The van der Waals surface area contributed by atoms with Crippen molar-refractivity contribution in [1.82, 2.24) is 23.6 Å². The molecule has 1 aliphatic heterocycles. The Balaban J connectivity index is 1.36. The number of nitrogens with zero attached hydrogens (tertiary/aromatic N) is 5. The predicted molar refractivity (Wildman–Crippen MR) is 137 cm³/mol. The van der Waals surface area contributed by atoms with Crippen LogP contribution in [0.15, 0.2) is 66.1 Å². The zero-order chi connectivity index (χ0) is 24.9. The zero-order valence-electron chi connectivity index (χ0n) is 20.3. The second-order valence-electron chi connectivity index (χ2n) is 10.1. The molecule has 2 fully saturated rings. The first-order valence-corrected chi connectivity index (χ1v) is 14.0. The van der Waals surface area contributed by atoms with Gasteiger partial charge in [-0.25, -0.2) is 21.8 Å². The SMILES string of the molecule is Cn1cc(-c2cn(S(=O)(=O)c3ccccc3)c3ncc(C4CCC(N5CC[C@H](F)C5)CC4)cc23)cn1. The van der Waals surface area contributed by atoms with E-state index < -0.39 is 16.2 Å². The van der Waals surface area contributed by atoms with Crippen molar-refractivity contribution < 1.29 is 12.8 Å². The molecule has 0 radical (unpaired) electrons. The van der Waals surface area contributed by atoms with Crippen molar-refractivity contribution >= 4 is 21.1 Å². The van der Waals surface area contributed by atoms with Crippen LogP contribution < -0.4 is 0 Å². The molecule has 188 valence electrons. The van der Waals surface area contributed by atoms with Crippen molar-refractivity contribution in [2.24, 2.45) is 7.05 Å². The lowest BCUT2D eigenvalue weighted by molar-refractivity contribution is 0.170. The van der Waals surface area contributed by atoms with Gasteiger partial charge in [0.2, 0.25) is 0 Å². The molecule has 1 aliphatic carbocycles. The van der Waals surface area contributed by atoms with Gasteiger partial charge in [-0.05, 0) is 61.8 Å². The number of likely N-dealkylation sites (tertiary alicyclic amines) is 1. The van der Waals surface area contributed by atoms with E-state index in [0.717, 1.165) is 54.3 Å². The van der Waals surface area contributed by atoms with Crippen molar-refractivity contribution in [1.29, 1.82) is 0 Å². The smallest absolute Gasteiger partial charge is 0.269 e. The highest BCUT2D eigenvalue weighted by atomic mass is 32.2. The van der Waals surface area contributed by atoms with E-state index in [0.29, 0.717) is 30.6 Å². The van der Waals surface area contributed by atoms with Crippen LogP contribution in [-0.4, -0.2) is 57.4 Å². The normalized spacial score (nSPS) is 23.4. The average molecular weight is 508 g/mol. The van der Waals surface area contributed by atoms with Crippen LogP contribution in [0.1, 0.15) is 43.6 Å². The number of halogens is 1. The number of pyridine rings is 1. The van der Waals surface area contributed by atoms with Crippen molar-refractivity contribution in [3.05, 3.63) is 66.7 Å². The summed E-state index contributed by atoms with van der Waals surface area (Å²) in [6.45, 7) is 1.43. The van der Waals surface area contributed by atoms with E-state index >= 15 is 0 Å². The Hall–Kier alpha value is -3.04. The third-order valence-corrected chi connectivity index (χ3v) is 9.46. The Labute approximate surface area is 210 Å². The molecule has 0 N–H and O–H groups in total. The number of hydrogen-bond acceptors (Lipinski definition) is 5. The monoisotopic (exact) mass is 507 g/mol. The Kier molecular flexibility index (Phi) is 5.92. The fourth-order valence-corrected chi connectivity index (χ4v) is 7.19. The van der Waals surface area contributed by atoms with Crippen molar-refractivity contribution in [2.75, 3.05) is 13.1 Å². The second kappa shape index (κ2) is 9.12. The van der Waals surface area contributed by atoms with E-state index in [-0.39, 0.29) is 4.90 Å². The van der Waals surface area contributed by atoms with Crippen molar-refractivity contribution in [2.45, 2.75) is 55.1 Å². The molecule has 0 spiro atoms. The molecule has 0 unspecified atom stereocenters. The van der Waals surface area contributed by atoms with Gasteiger partial charge in [-0.3, -0.25) is 9.58 Å². The molecule has 1 saturated heterocycles. The Morgan fingerprint density at radius 2 is 1.78 bits per heavy atom. The third kappa shape index (κ3) is 4.14. The van der Waals surface area contributed by atoms with Gasteiger partial charge in [-0.2, -0.15) is 5.10 Å². The maximum absolute atomic E-state index is 13.7. The lowest BCUT2D eigenvalue weighted by Gasteiger charge is -2.34. The van der Waals surface area contributed by atoms with Gasteiger partial charge in [-0.15, -0.1) is 0 Å². The number of aromatic nitrogens is 4. The van der Waals surface area contributed by atoms with Gasteiger partial charge in [0.25, 0.3) is 10.0 Å². The summed E-state index contributed by atoms with van der Waals surface area (Å²) in [6, 6.07) is 11.0. The lowest BCUT2D eigenvalue weighted by Crippen LogP contribution is -2.36. The van der Waals surface area contributed by atoms with Gasteiger partial charge < -0.3 is 0 Å². The summed E-state index contributed by atoms with van der Waals surface area (Å²) < 4.78 is 43.8. The molecule has 9 heteroatoms. The third-order valence-electron chi connectivity index (χ3n) is 7.80. The highest BCUT2D eigenvalue weighted by Crippen LogP contribution is 2.39. The molecule has 0 bridgehead atoms. The first kappa shape index (κ1) is 23.4. The maximum Gasteiger partial charge on any atom is 0.269 e. The summed E-state index contributed by atoms with van der Waals surface area (Å²) in [5.41, 5.74) is 3.20. The van der Waals surface area contributed by atoms with Gasteiger partial charge in [-0.1, -0.05) is 18.2 Å². The van der Waals surface area contributed by atoms with Gasteiger partial charge in [0.15, 0.2) is 5.65 Å². The first-order valence-electron chi connectivity index (χ1n) is 12.6. The molecule has 1 atom stereocenters. The van der Waals surface area contributed by atoms with Gasteiger partial charge in [0, 0.05) is 61.3 Å². The highest BCUT2D eigenvalue weighted by molar-refractivity contribution is 7.90. The van der Waals surface area contributed by atoms with Gasteiger partial charge >= 0.3 is 0 Å². The van der Waals surface area contributed by atoms with Crippen LogP contribution in [0.4, 0.5) is 4.39 Å². The van der Waals surface area contributed by atoms with E-state index in [2.05, 4.69) is 16.1 Å². The molecule has 0 amide bonds. The summed E-state index contributed by atoms with van der Waals surface area (Å²) in [4.78, 5) is 7.24. The maximum atomic E-state index is 13.7. The Morgan fingerprint density at radius 3 is 2.44 bits per heavy atom. The summed E-state index contributed by atoms with van der Waals surface area (Å²) in [6.07, 6.45) is 11.3. The fourth-order valence-electron chi connectivity index (χ4n) is 5.85. The zero-order valence-corrected chi connectivity index (χ0v) is 21.1. The largest absolute Gasteiger partial charge is 0.297 e. The van der Waals surface area contributed by atoms with E-state index in [4.69, 9.17) is 4.98 Å². The highest BCUT2D eigenvalue weighted by Gasteiger charge is 2.32. The van der Waals surface area contributed by atoms with E-state index in [1.165, 1.54) is 3.97 Å². The molecular formula is C27H30FN5O2S. The number of benzene rings is 1. The summed E-state index contributed by atoms with van der Waals surface area (Å²) in [5, 5.41) is 5.11. The second-order valence-corrected chi connectivity index (χ2v) is 11.9. The van der Waals surface area contributed by atoms with Gasteiger partial charge in [0.05, 0.1) is 11.1 Å². The quantitative estimate of drug-likeness (QED) is 0.390. The van der Waals surface area contributed by atoms with Crippen LogP contribution in [0.2, 0.25) is 0 Å². The topological polar surface area (TPSA) is 73.0 Å². The van der Waals surface area contributed by atoms with Crippen LogP contribution in [0.25, 0.3) is 22.2 Å². The molecule has 4 heterocycles. The molecule has 6 rings (SSSR count). The predicted octanol–water partition coefficient (Wildman–Crippen LogP) is 4.74. The standard InChI is InChI=1S/C27H30FN5O2S/c1-31-16-21(15-30-31)26-18-33(36(34,35)24-5-3-2-4-6-24)27-25(26)13-20(14-29-27)19-7-9-23(10-8-19)32-12-11-22(28)17-32/h2-6,13-16,18-19,22-23H,7-12,17H2,1H3/t19?,22-,23?/m0/s1. The van der Waals surface area contributed by atoms with Crippen LogP contribution in [0.3, 0.4) is 0 Å². The number of aryl methyl sites for hydroxylation is 1. The molecular weight excluding hydrogens is 477 g/mol. The van der Waals surface area contributed by atoms with Crippen LogP contribution in [0, 0.1) is 0 Å². The molecule has 7 nitrogen and oxygen atoms in total. The number of rotatable bonds is 5. The van der Waals surface area contributed by atoms with Crippen molar-refractivity contribution in [3.8, 4) is 11.1 Å². The van der Waals surface area contributed by atoms with Crippen LogP contribution in [-0.2, 0) is 17.1 Å². The summed E-state index contributed by atoms with van der Waals surface area (Å²) in [7, 11) is -1.97. The average Bonchev–Trinajstić information content (AvgIpc) is 3.62. The minimum atomic E-state index is -3.81. The number of fused-ring (bicyclic) bond motifs is 1. The first-order chi connectivity index (χ1) is 17.4. The summed E-state index contributed by atoms with van der Waals surface area (Å²) >= 11 is 0. The molecule has 1 saturated carbocycles.